The second-order valence-electron chi connectivity index (χ2n) is 5.69. The van der Waals surface area contributed by atoms with Gasteiger partial charge in [0.15, 0.2) is 0 Å². The Hall–Kier alpha value is -2.64. The molecule has 1 aromatic carbocycles. The zero-order valence-electron chi connectivity index (χ0n) is 14.1. The molecule has 0 atom stereocenters. The summed E-state index contributed by atoms with van der Waals surface area (Å²) < 4.78 is 7.26. The number of nitrogens with zero attached hydrogens (tertiary/aromatic N) is 3. The molecule has 0 saturated heterocycles. The smallest absolute Gasteiger partial charge is 0.204 e. The highest BCUT2D eigenvalue weighted by molar-refractivity contribution is 5.78. The summed E-state index contributed by atoms with van der Waals surface area (Å²) in [4.78, 5) is 9.05. The number of anilines is 1. The fraction of sp³-hybridized carbons (Fsp3) is 0.333. The van der Waals surface area contributed by atoms with E-state index in [4.69, 9.17) is 9.84 Å². The first-order valence-electron chi connectivity index (χ1n) is 8.22. The number of para-hydroxylation sites is 2. The number of nitrogens with one attached hydrogen (secondary N) is 1. The Morgan fingerprint density at radius 2 is 1.96 bits per heavy atom. The van der Waals surface area contributed by atoms with Crippen LogP contribution < -0.4 is 5.32 Å². The number of benzene rings is 1. The van der Waals surface area contributed by atoms with Gasteiger partial charge in [0.25, 0.3) is 0 Å². The fourth-order valence-electron chi connectivity index (χ4n) is 2.64. The van der Waals surface area contributed by atoms with Gasteiger partial charge in [-0.15, -0.1) is 0 Å². The Morgan fingerprint density at radius 3 is 2.80 bits per heavy atom. The van der Waals surface area contributed by atoms with E-state index in [1.165, 1.54) is 0 Å². The summed E-state index contributed by atoms with van der Waals surface area (Å²) in [5.74, 6) is 0.858. The quantitative estimate of drug-likeness (QED) is 0.542. The molecule has 0 aliphatic rings. The molecule has 0 amide bonds. The first kappa shape index (κ1) is 17.2. The van der Waals surface area contributed by atoms with E-state index >= 15 is 0 Å². The minimum absolute atomic E-state index is 0.0107. The molecule has 3 N–H and O–H groups in total. The molecule has 25 heavy (non-hydrogen) atoms. The molecule has 2 heterocycles. The van der Waals surface area contributed by atoms with Crippen LogP contribution in [0.1, 0.15) is 11.4 Å². The number of rotatable bonds is 8. The number of aryl methyl sites for hydroxylation is 1. The molecular weight excluding hydrogens is 320 g/mol. The average Bonchev–Trinajstić information content (AvgIpc) is 2.96. The number of aromatic hydroxyl groups is 1. The molecule has 3 aromatic rings. The second kappa shape index (κ2) is 7.96. The minimum Gasteiger partial charge on any atom is -0.506 e. The summed E-state index contributed by atoms with van der Waals surface area (Å²) in [5.41, 5.74) is 3.28. The largest absolute Gasteiger partial charge is 0.506 e. The van der Waals surface area contributed by atoms with Crippen molar-refractivity contribution in [3.8, 4) is 5.75 Å². The zero-order valence-corrected chi connectivity index (χ0v) is 14.1. The van der Waals surface area contributed by atoms with Crippen LogP contribution >= 0.6 is 0 Å². The molecule has 7 nitrogen and oxygen atoms in total. The van der Waals surface area contributed by atoms with Crippen LogP contribution in [0.4, 0.5) is 5.95 Å². The molecule has 0 saturated carbocycles. The lowest BCUT2D eigenvalue weighted by Gasteiger charge is -2.12. The SMILES string of the molecule is Cc1ccc(O)c(Cn2c(NCCOCCO)nc3ccccc32)n1. The van der Waals surface area contributed by atoms with E-state index < -0.39 is 0 Å². The summed E-state index contributed by atoms with van der Waals surface area (Å²) in [5, 5.41) is 22.1. The van der Waals surface area contributed by atoms with Crippen molar-refractivity contribution in [2.24, 2.45) is 0 Å². The highest BCUT2D eigenvalue weighted by Gasteiger charge is 2.13. The molecule has 132 valence electrons. The molecule has 0 aliphatic heterocycles. The summed E-state index contributed by atoms with van der Waals surface area (Å²) in [6, 6.07) is 11.3. The van der Waals surface area contributed by atoms with Gasteiger partial charge in [-0.25, -0.2) is 4.98 Å². The molecule has 0 aliphatic carbocycles. The third-order valence-electron chi connectivity index (χ3n) is 3.82. The summed E-state index contributed by atoms with van der Waals surface area (Å²) >= 11 is 0. The maximum Gasteiger partial charge on any atom is 0.204 e. The number of hydrogen-bond acceptors (Lipinski definition) is 6. The Kier molecular flexibility index (Phi) is 5.47. The maximum atomic E-state index is 10.1. The van der Waals surface area contributed by atoms with E-state index in [0.717, 1.165) is 16.7 Å². The standard InChI is InChI=1S/C18H22N4O3/c1-13-6-7-17(24)15(20-13)12-22-16-5-3-2-4-14(16)21-18(22)19-8-10-25-11-9-23/h2-7,23-24H,8-12H2,1H3,(H,19,21). The van der Waals surface area contributed by atoms with Crippen LogP contribution in [0.15, 0.2) is 36.4 Å². The first-order chi connectivity index (χ1) is 12.2. The van der Waals surface area contributed by atoms with Crippen LogP contribution in [0.5, 0.6) is 5.75 Å². The Bertz CT molecular complexity index is 847. The van der Waals surface area contributed by atoms with Crippen LogP contribution in [0.2, 0.25) is 0 Å². The highest BCUT2D eigenvalue weighted by atomic mass is 16.5. The van der Waals surface area contributed by atoms with Gasteiger partial charge in [0.2, 0.25) is 5.95 Å². The molecule has 3 rings (SSSR count). The van der Waals surface area contributed by atoms with E-state index in [1.54, 1.807) is 12.1 Å². The summed E-state index contributed by atoms with van der Waals surface area (Å²) in [7, 11) is 0. The molecule has 7 heteroatoms. The lowest BCUT2D eigenvalue weighted by atomic mass is 10.2. The monoisotopic (exact) mass is 342 g/mol. The predicted molar refractivity (Wildman–Crippen MR) is 95.9 cm³/mol. The van der Waals surface area contributed by atoms with Crippen molar-refractivity contribution < 1.29 is 14.9 Å². The van der Waals surface area contributed by atoms with Gasteiger partial charge in [0, 0.05) is 12.2 Å². The van der Waals surface area contributed by atoms with E-state index in [-0.39, 0.29) is 12.4 Å². The molecule has 0 unspecified atom stereocenters. The molecule has 0 fully saturated rings. The number of aliphatic hydroxyl groups is 1. The first-order valence-corrected chi connectivity index (χ1v) is 8.22. The van der Waals surface area contributed by atoms with E-state index in [1.807, 2.05) is 35.8 Å². The predicted octanol–water partition coefficient (Wildman–Crippen LogP) is 1.91. The van der Waals surface area contributed by atoms with Crippen LogP contribution in [-0.2, 0) is 11.3 Å². The molecular formula is C18H22N4O3. The van der Waals surface area contributed by atoms with E-state index in [2.05, 4.69) is 15.3 Å². The lowest BCUT2D eigenvalue weighted by molar-refractivity contribution is 0.0991. The van der Waals surface area contributed by atoms with Crippen molar-refractivity contribution in [1.29, 1.82) is 0 Å². The van der Waals surface area contributed by atoms with Gasteiger partial charge in [0.05, 0.1) is 37.4 Å². The number of pyridine rings is 1. The average molecular weight is 342 g/mol. The molecule has 2 aromatic heterocycles. The molecule has 0 bridgehead atoms. The molecule has 0 radical (unpaired) electrons. The lowest BCUT2D eigenvalue weighted by Crippen LogP contribution is -2.15. The Balaban J connectivity index is 1.86. The van der Waals surface area contributed by atoms with Gasteiger partial charge in [-0.1, -0.05) is 12.1 Å². The minimum atomic E-state index is 0.0107. The number of fused-ring (bicyclic) bond motifs is 1. The third kappa shape index (κ3) is 4.07. The van der Waals surface area contributed by atoms with Crippen molar-refractivity contribution in [1.82, 2.24) is 14.5 Å². The van der Waals surface area contributed by atoms with Crippen molar-refractivity contribution in [2.45, 2.75) is 13.5 Å². The van der Waals surface area contributed by atoms with Crippen LogP contribution in [0.3, 0.4) is 0 Å². The van der Waals surface area contributed by atoms with Gasteiger partial charge in [0.1, 0.15) is 11.4 Å². The van der Waals surface area contributed by atoms with E-state index in [9.17, 15) is 5.11 Å². The Labute approximate surface area is 145 Å². The third-order valence-corrected chi connectivity index (χ3v) is 3.82. The van der Waals surface area contributed by atoms with Crippen LogP contribution in [0, 0.1) is 6.92 Å². The molecule has 0 spiro atoms. The van der Waals surface area contributed by atoms with Crippen molar-refractivity contribution in [3.05, 3.63) is 47.8 Å². The highest BCUT2D eigenvalue weighted by Crippen LogP contribution is 2.23. The van der Waals surface area contributed by atoms with Crippen molar-refractivity contribution in [2.75, 3.05) is 31.7 Å². The van der Waals surface area contributed by atoms with Gasteiger partial charge in [-0.2, -0.15) is 0 Å². The summed E-state index contributed by atoms with van der Waals surface area (Å²) in [6.45, 7) is 3.67. The number of imidazole rings is 1. The normalized spacial score (nSPS) is 11.1. The van der Waals surface area contributed by atoms with Gasteiger partial charge in [-0.05, 0) is 31.2 Å². The Morgan fingerprint density at radius 1 is 1.12 bits per heavy atom. The van der Waals surface area contributed by atoms with Crippen LogP contribution in [-0.4, -0.2) is 51.1 Å². The van der Waals surface area contributed by atoms with E-state index in [0.29, 0.717) is 37.9 Å². The zero-order chi connectivity index (χ0) is 17.6. The van der Waals surface area contributed by atoms with Crippen molar-refractivity contribution >= 4 is 17.0 Å². The summed E-state index contributed by atoms with van der Waals surface area (Å²) in [6.07, 6.45) is 0. The van der Waals surface area contributed by atoms with Crippen molar-refractivity contribution in [3.63, 3.8) is 0 Å². The number of aliphatic hydroxyl groups excluding tert-OH is 1. The van der Waals surface area contributed by atoms with Gasteiger partial charge >= 0.3 is 0 Å². The topological polar surface area (TPSA) is 92.4 Å². The number of ether oxygens (including phenoxy) is 1. The van der Waals surface area contributed by atoms with Gasteiger partial charge in [-0.3, -0.25) is 4.98 Å². The second-order valence-corrected chi connectivity index (χ2v) is 5.69. The fourth-order valence-corrected chi connectivity index (χ4v) is 2.64. The maximum absolute atomic E-state index is 10.1. The van der Waals surface area contributed by atoms with Crippen LogP contribution in [0.25, 0.3) is 11.0 Å². The van der Waals surface area contributed by atoms with Gasteiger partial charge < -0.3 is 24.8 Å². The number of hydrogen-bond donors (Lipinski definition) is 3. The number of aromatic nitrogens is 3.